The van der Waals surface area contributed by atoms with Gasteiger partial charge in [-0.3, -0.25) is 0 Å². The van der Waals surface area contributed by atoms with Crippen molar-refractivity contribution in [3.05, 3.63) is 30.0 Å². The van der Waals surface area contributed by atoms with E-state index in [1.54, 1.807) is 28.7 Å². The largest absolute Gasteiger partial charge is 0.488 e. The summed E-state index contributed by atoms with van der Waals surface area (Å²) in [6.45, 7) is 3.70. The van der Waals surface area contributed by atoms with Gasteiger partial charge in [-0.15, -0.1) is 0 Å². The number of hydrogen-bond acceptors (Lipinski definition) is 5. The van der Waals surface area contributed by atoms with E-state index in [1.165, 1.54) is 0 Å². The van der Waals surface area contributed by atoms with Crippen LogP contribution in [0.1, 0.15) is 25.3 Å². The number of fused-ring (bicyclic) bond motifs is 3. The van der Waals surface area contributed by atoms with Crippen molar-refractivity contribution in [1.82, 2.24) is 9.46 Å². The molecule has 4 rings (SSSR count). The Hall–Kier alpha value is -1.86. The van der Waals surface area contributed by atoms with Crippen LogP contribution in [0.15, 0.2) is 33.8 Å². The first-order valence-corrected chi connectivity index (χ1v) is 9.20. The van der Waals surface area contributed by atoms with Crippen molar-refractivity contribution in [1.29, 1.82) is 0 Å². The molecule has 1 saturated heterocycles. The van der Waals surface area contributed by atoms with E-state index >= 15 is 0 Å². The van der Waals surface area contributed by atoms with Crippen LogP contribution in [0.25, 0.3) is 11.3 Å². The van der Waals surface area contributed by atoms with Gasteiger partial charge < -0.3 is 9.26 Å². The molecule has 0 aliphatic carbocycles. The second-order valence-corrected chi connectivity index (χ2v) is 8.15. The fraction of sp³-hybridized carbons (Fsp3) is 0.438. The van der Waals surface area contributed by atoms with Crippen molar-refractivity contribution >= 4 is 10.0 Å². The molecule has 0 N–H and O–H groups in total. The molecule has 0 atom stereocenters. The van der Waals surface area contributed by atoms with Crippen molar-refractivity contribution in [3.63, 3.8) is 0 Å². The lowest BCUT2D eigenvalue weighted by Gasteiger charge is -2.29. The van der Waals surface area contributed by atoms with Crippen LogP contribution in [0.3, 0.4) is 0 Å². The minimum absolute atomic E-state index is 0.277. The molecule has 1 aromatic carbocycles. The van der Waals surface area contributed by atoms with Crippen LogP contribution in [0, 0.1) is 5.92 Å². The monoisotopic (exact) mass is 334 g/mol. The van der Waals surface area contributed by atoms with Crippen molar-refractivity contribution in [2.75, 3.05) is 13.1 Å². The van der Waals surface area contributed by atoms with Crippen LogP contribution >= 0.6 is 0 Å². The Morgan fingerprint density at radius 1 is 1.26 bits per heavy atom. The maximum Gasteiger partial charge on any atom is 0.243 e. The maximum atomic E-state index is 12.9. The Morgan fingerprint density at radius 2 is 2.04 bits per heavy atom. The molecule has 0 saturated carbocycles. The second-order valence-electron chi connectivity index (χ2n) is 6.21. The predicted octanol–water partition coefficient (Wildman–Crippen LogP) is 2.65. The number of hydrogen-bond donors (Lipinski definition) is 0. The Balaban J connectivity index is 1.72. The highest BCUT2D eigenvalue weighted by atomic mass is 32.2. The Morgan fingerprint density at radius 3 is 2.83 bits per heavy atom. The van der Waals surface area contributed by atoms with Crippen LogP contribution in [0.2, 0.25) is 0 Å². The molecule has 23 heavy (non-hydrogen) atoms. The fourth-order valence-electron chi connectivity index (χ4n) is 3.09. The van der Waals surface area contributed by atoms with Gasteiger partial charge in [-0.1, -0.05) is 12.1 Å². The average Bonchev–Trinajstić information content (AvgIpc) is 3.04. The van der Waals surface area contributed by atoms with Gasteiger partial charge in [0, 0.05) is 13.1 Å². The third kappa shape index (κ3) is 2.44. The number of piperidine rings is 1. The number of nitrogens with zero attached hydrogens (tertiary/aromatic N) is 2. The molecule has 122 valence electrons. The summed E-state index contributed by atoms with van der Waals surface area (Å²) in [6.07, 6.45) is 3.41. The quantitative estimate of drug-likeness (QED) is 0.844. The topological polar surface area (TPSA) is 72.6 Å². The number of benzene rings is 1. The lowest BCUT2D eigenvalue weighted by Crippen LogP contribution is -2.37. The summed E-state index contributed by atoms with van der Waals surface area (Å²) in [7, 11) is -3.49. The molecule has 2 aliphatic rings. The van der Waals surface area contributed by atoms with Crippen LogP contribution in [-0.4, -0.2) is 31.0 Å². The lowest BCUT2D eigenvalue weighted by atomic mass is 10.0. The highest BCUT2D eigenvalue weighted by Crippen LogP contribution is 2.39. The zero-order chi connectivity index (χ0) is 16.0. The molecule has 0 spiro atoms. The van der Waals surface area contributed by atoms with Crippen LogP contribution in [-0.2, 0) is 16.6 Å². The van der Waals surface area contributed by atoms with E-state index in [2.05, 4.69) is 12.1 Å². The minimum atomic E-state index is -3.49. The van der Waals surface area contributed by atoms with Gasteiger partial charge in [0.1, 0.15) is 12.4 Å². The first kappa shape index (κ1) is 14.7. The molecule has 1 fully saturated rings. The SMILES string of the molecule is CC1CCN(S(=O)(=O)c2ccc3c(c2)-c2oncc2CO3)CC1. The molecule has 2 aliphatic heterocycles. The van der Waals surface area contributed by atoms with Crippen molar-refractivity contribution in [2.24, 2.45) is 5.92 Å². The summed E-state index contributed by atoms with van der Waals surface area (Å²) in [5.41, 5.74) is 1.48. The highest BCUT2D eigenvalue weighted by Gasteiger charge is 2.30. The Bertz CT molecular complexity index is 836. The molecule has 6 nitrogen and oxygen atoms in total. The van der Waals surface area contributed by atoms with E-state index in [0.29, 0.717) is 42.7 Å². The van der Waals surface area contributed by atoms with Crippen molar-refractivity contribution < 1.29 is 17.7 Å². The summed E-state index contributed by atoms with van der Waals surface area (Å²) in [6, 6.07) is 4.93. The molecular formula is C16H18N2O4S. The zero-order valence-electron chi connectivity index (χ0n) is 12.9. The number of ether oxygens (including phenoxy) is 1. The number of sulfonamides is 1. The predicted molar refractivity (Wildman–Crippen MR) is 83.4 cm³/mol. The second kappa shape index (κ2) is 5.35. The first-order chi connectivity index (χ1) is 11.1. The summed E-state index contributed by atoms with van der Waals surface area (Å²) < 4.78 is 38.2. The summed E-state index contributed by atoms with van der Waals surface area (Å²) >= 11 is 0. The van der Waals surface area contributed by atoms with Gasteiger partial charge in [-0.25, -0.2) is 8.42 Å². The minimum Gasteiger partial charge on any atom is -0.488 e. The average molecular weight is 334 g/mol. The summed E-state index contributed by atoms with van der Waals surface area (Å²) in [5.74, 6) is 1.80. The molecule has 0 radical (unpaired) electrons. The van der Waals surface area contributed by atoms with Crippen molar-refractivity contribution in [2.45, 2.75) is 31.3 Å². The number of aromatic nitrogens is 1. The molecule has 0 unspecified atom stereocenters. The molecule has 1 aromatic heterocycles. The molecule has 0 bridgehead atoms. The standard InChI is InChI=1S/C16H18N2O4S/c1-11-4-6-18(7-5-11)23(19,20)13-2-3-15-14(8-13)16-12(10-21-15)9-17-22-16/h2-3,8-9,11H,4-7,10H2,1H3. The van der Waals surface area contributed by atoms with Gasteiger partial charge in [0.05, 0.1) is 22.2 Å². The van der Waals surface area contributed by atoms with E-state index in [0.717, 1.165) is 18.4 Å². The highest BCUT2D eigenvalue weighted by molar-refractivity contribution is 7.89. The third-order valence-corrected chi connectivity index (χ3v) is 6.50. The molecular weight excluding hydrogens is 316 g/mol. The summed E-state index contributed by atoms with van der Waals surface area (Å²) in [4.78, 5) is 0.277. The molecule has 2 aromatic rings. The van der Waals surface area contributed by atoms with E-state index in [1.807, 2.05) is 0 Å². The smallest absolute Gasteiger partial charge is 0.243 e. The molecule has 7 heteroatoms. The van der Waals surface area contributed by atoms with Gasteiger partial charge in [0.15, 0.2) is 5.76 Å². The number of rotatable bonds is 2. The van der Waals surface area contributed by atoms with E-state index in [9.17, 15) is 8.42 Å². The lowest BCUT2D eigenvalue weighted by molar-refractivity contribution is 0.287. The van der Waals surface area contributed by atoms with Crippen LogP contribution < -0.4 is 4.74 Å². The van der Waals surface area contributed by atoms with Gasteiger partial charge in [0.25, 0.3) is 0 Å². The van der Waals surface area contributed by atoms with Crippen LogP contribution in [0.4, 0.5) is 0 Å². The first-order valence-electron chi connectivity index (χ1n) is 7.76. The van der Waals surface area contributed by atoms with Gasteiger partial charge in [-0.05, 0) is 37.0 Å². The van der Waals surface area contributed by atoms with Gasteiger partial charge in [0.2, 0.25) is 10.0 Å². The molecule has 3 heterocycles. The fourth-order valence-corrected chi connectivity index (χ4v) is 4.58. The van der Waals surface area contributed by atoms with Crippen molar-refractivity contribution in [3.8, 4) is 17.1 Å². The summed E-state index contributed by atoms with van der Waals surface area (Å²) in [5, 5.41) is 3.78. The zero-order valence-corrected chi connectivity index (χ0v) is 13.7. The Kier molecular flexibility index (Phi) is 3.42. The van der Waals surface area contributed by atoms with E-state index < -0.39 is 10.0 Å². The normalized spacial score (nSPS) is 19.0. The molecule has 0 amide bonds. The van der Waals surface area contributed by atoms with Crippen LogP contribution in [0.5, 0.6) is 5.75 Å². The van der Waals surface area contributed by atoms with Gasteiger partial charge in [-0.2, -0.15) is 4.31 Å². The van der Waals surface area contributed by atoms with E-state index in [4.69, 9.17) is 9.26 Å². The Labute approximate surface area is 135 Å². The van der Waals surface area contributed by atoms with Gasteiger partial charge >= 0.3 is 0 Å². The third-order valence-electron chi connectivity index (χ3n) is 4.60. The maximum absolute atomic E-state index is 12.9. The van der Waals surface area contributed by atoms with E-state index in [-0.39, 0.29) is 4.90 Å².